The Morgan fingerprint density at radius 1 is 0.375 bits per heavy atom. The molecule has 0 fully saturated rings. The Morgan fingerprint density at radius 2 is 0.589 bits per heavy atom. The zero-order valence-electron chi connectivity index (χ0n) is 43.5. The van der Waals surface area contributed by atoms with Crippen LogP contribution < -0.4 is 0 Å². The average molecular weight is 800 g/mol. The number of carbonyl (C=O) groups is 1. The zero-order valence-corrected chi connectivity index (χ0v) is 43.5. The van der Waals surface area contributed by atoms with Crippen molar-refractivity contribution in [2.75, 3.05) is 0 Å². The fraction of sp³-hybridized carbons (Fsp3) is 0.945. The van der Waals surface area contributed by atoms with Crippen LogP contribution in [-0.4, -0.2) is 6.29 Å². The second-order valence-corrected chi connectivity index (χ2v) is 16.3. The van der Waals surface area contributed by atoms with Gasteiger partial charge in [0.25, 0.3) is 0 Å². The van der Waals surface area contributed by atoms with Crippen molar-refractivity contribution >= 4 is 6.29 Å². The van der Waals surface area contributed by atoms with E-state index in [1.54, 1.807) is 0 Å². The summed E-state index contributed by atoms with van der Waals surface area (Å²) < 4.78 is 0. The van der Waals surface area contributed by atoms with E-state index in [9.17, 15) is 0 Å². The van der Waals surface area contributed by atoms with E-state index in [0.717, 1.165) is 12.2 Å². The molecule has 1 heteroatoms. The summed E-state index contributed by atoms with van der Waals surface area (Å²) in [5, 5.41) is 0. The molecule has 0 aromatic rings. The van der Waals surface area contributed by atoms with Crippen LogP contribution in [-0.2, 0) is 4.79 Å². The topological polar surface area (TPSA) is 17.1 Å². The molecular weight excluding hydrogens is 677 g/mol. The highest BCUT2D eigenvalue weighted by atomic mass is 16.1. The Kier molecular flexibility index (Phi) is 118. The number of rotatable bonds is 30. The van der Waals surface area contributed by atoms with E-state index in [-0.39, 0.29) is 0 Å². The van der Waals surface area contributed by atoms with Crippen molar-refractivity contribution in [3.63, 3.8) is 0 Å². The van der Waals surface area contributed by atoms with E-state index < -0.39 is 0 Å². The van der Waals surface area contributed by atoms with Gasteiger partial charge in [0.1, 0.15) is 6.29 Å². The Balaban J connectivity index is -0.0000000857. The van der Waals surface area contributed by atoms with Gasteiger partial charge in [0, 0.05) is 0 Å². The number of hydrogen-bond donors (Lipinski definition) is 0. The van der Waals surface area contributed by atoms with E-state index in [0.29, 0.717) is 0 Å². The Bertz CT molecular complexity index is 489. The lowest BCUT2D eigenvalue weighted by atomic mass is 9.95. The lowest BCUT2D eigenvalue weighted by Gasteiger charge is -2.11. The SMILES string of the molecule is C=C(CCC)CC(C)CCCC.CC=O.CCC.CCCC.CCCCC.CCCCCC.CCCCCC.CCCCCCCCCCCCCCCCC. The Labute approximate surface area is 363 Å². The molecule has 1 nitrogen and oxygen atoms in total. The number of aldehydes is 1. The maximum Gasteiger partial charge on any atom is 0.116 e. The summed E-state index contributed by atoms with van der Waals surface area (Å²) in [5.74, 6) is 0.851. The second-order valence-electron chi connectivity index (χ2n) is 16.3. The highest BCUT2D eigenvalue weighted by Gasteiger charge is 2.03. The second kappa shape index (κ2) is 90.5. The first-order chi connectivity index (χ1) is 27.1. The summed E-state index contributed by atoms with van der Waals surface area (Å²) in [6.45, 7) is 38.9. The van der Waals surface area contributed by atoms with Gasteiger partial charge in [0.15, 0.2) is 0 Å². The molecule has 0 radical (unpaired) electrons. The normalized spacial score (nSPS) is 9.86. The molecular formula is C55H122O. The lowest BCUT2D eigenvalue weighted by molar-refractivity contribution is -0.106. The van der Waals surface area contributed by atoms with Gasteiger partial charge in [-0.25, -0.2) is 0 Å². The monoisotopic (exact) mass is 799 g/mol. The molecule has 0 aromatic heterocycles. The number of unbranched alkanes of at least 4 members (excludes halogenated alkanes) is 24. The Morgan fingerprint density at radius 3 is 0.768 bits per heavy atom. The average Bonchev–Trinajstić information content (AvgIpc) is 3.19. The standard InChI is InChI=1S/C17H36.C12H24.2C6H14.C5H12.C4H10.C3H8.C2H4O/c1-3-5-7-9-11-13-15-17-16-14-12-10-8-6-4-2;1-5-7-9-12(4)10-11(3)8-6-2;2*1-3-5-6-4-2;1-3-5-4-2;1-3-4-2;1-3-2;1-2-3/h3-17H2,1-2H3;12H,3,5-10H2,1-2,4H3;2*3-6H2,1-2H3;3-5H2,1-2H3;3-4H2,1-2H3;3H2,1-2H3;2H,1H3. The highest BCUT2D eigenvalue weighted by Crippen LogP contribution is 2.19. The third kappa shape index (κ3) is 131. The van der Waals surface area contributed by atoms with Crippen molar-refractivity contribution < 1.29 is 4.79 Å². The molecule has 0 N–H and O–H groups in total. The molecule has 348 valence electrons. The highest BCUT2D eigenvalue weighted by molar-refractivity contribution is 5.44. The first kappa shape index (κ1) is 73.0. The molecule has 0 aromatic carbocycles. The summed E-state index contributed by atoms with van der Waals surface area (Å²) in [6, 6.07) is 0. The number of allylic oxidation sites excluding steroid dienone is 1. The summed E-state index contributed by atoms with van der Waals surface area (Å²) in [7, 11) is 0. The molecule has 1 atom stereocenters. The van der Waals surface area contributed by atoms with E-state index in [1.165, 1.54) is 237 Å². The third-order valence-corrected chi connectivity index (χ3v) is 9.12. The van der Waals surface area contributed by atoms with E-state index >= 15 is 0 Å². The molecule has 0 rings (SSSR count). The van der Waals surface area contributed by atoms with E-state index in [4.69, 9.17) is 4.79 Å². The summed E-state index contributed by atoms with van der Waals surface area (Å²) >= 11 is 0. The maximum absolute atomic E-state index is 8.81. The molecule has 1 unspecified atom stereocenters. The van der Waals surface area contributed by atoms with Crippen molar-refractivity contribution in [3.05, 3.63) is 12.2 Å². The molecule has 0 heterocycles. The van der Waals surface area contributed by atoms with Gasteiger partial charge in [0.05, 0.1) is 0 Å². The van der Waals surface area contributed by atoms with Crippen LogP contribution in [0.2, 0.25) is 0 Å². The molecule has 0 spiro atoms. The van der Waals surface area contributed by atoms with Crippen LogP contribution in [0.5, 0.6) is 0 Å². The van der Waals surface area contributed by atoms with Crippen molar-refractivity contribution in [2.45, 2.75) is 336 Å². The largest absolute Gasteiger partial charge is 0.304 e. The van der Waals surface area contributed by atoms with Crippen LogP contribution >= 0.6 is 0 Å². The smallest absolute Gasteiger partial charge is 0.116 e. The van der Waals surface area contributed by atoms with Gasteiger partial charge in [-0.15, -0.1) is 0 Å². The molecule has 0 saturated heterocycles. The van der Waals surface area contributed by atoms with Crippen molar-refractivity contribution in [2.24, 2.45) is 5.92 Å². The lowest BCUT2D eigenvalue weighted by Crippen LogP contribution is -1.96. The minimum Gasteiger partial charge on any atom is -0.304 e. The van der Waals surface area contributed by atoms with Crippen LogP contribution in [0.15, 0.2) is 12.2 Å². The van der Waals surface area contributed by atoms with Crippen LogP contribution in [0.4, 0.5) is 0 Å². The minimum atomic E-state index is 0.750. The molecule has 0 aliphatic heterocycles. The van der Waals surface area contributed by atoms with Crippen molar-refractivity contribution in [1.29, 1.82) is 0 Å². The fourth-order valence-electron chi connectivity index (χ4n) is 5.40. The van der Waals surface area contributed by atoms with Crippen LogP contribution in [0.1, 0.15) is 336 Å². The molecule has 0 aliphatic carbocycles. The van der Waals surface area contributed by atoms with Gasteiger partial charge in [0.2, 0.25) is 0 Å². The van der Waals surface area contributed by atoms with Crippen molar-refractivity contribution in [1.82, 2.24) is 0 Å². The van der Waals surface area contributed by atoms with Crippen LogP contribution in [0.25, 0.3) is 0 Å². The molecule has 0 amide bonds. The van der Waals surface area contributed by atoms with Crippen LogP contribution in [0.3, 0.4) is 0 Å². The van der Waals surface area contributed by atoms with Gasteiger partial charge >= 0.3 is 0 Å². The maximum atomic E-state index is 8.81. The first-order valence-electron chi connectivity index (χ1n) is 26.2. The molecule has 0 saturated carbocycles. The van der Waals surface area contributed by atoms with Gasteiger partial charge in [-0.05, 0) is 25.7 Å². The minimum absolute atomic E-state index is 0.750. The van der Waals surface area contributed by atoms with E-state index in [1.807, 2.05) is 0 Å². The molecule has 56 heavy (non-hydrogen) atoms. The van der Waals surface area contributed by atoms with Gasteiger partial charge < -0.3 is 4.79 Å². The predicted octanol–water partition coefficient (Wildman–Crippen LogP) is 22.2. The number of hydrogen-bond acceptors (Lipinski definition) is 1. The van der Waals surface area contributed by atoms with Gasteiger partial charge in [-0.2, -0.15) is 0 Å². The van der Waals surface area contributed by atoms with Crippen LogP contribution in [0, 0.1) is 5.92 Å². The summed E-state index contributed by atoms with van der Waals surface area (Å²) in [5.41, 5.74) is 1.45. The van der Waals surface area contributed by atoms with Gasteiger partial charge in [-0.3, -0.25) is 0 Å². The number of carbonyl (C=O) groups excluding carboxylic acids is 1. The molecule has 0 aliphatic rings. The fourth-order valence-corrected chi connectivity index (χ4v) is 5.40. The quantitative estimate of drug-likeness (QED) is 0.0402. The van der Waals surface area contributed by atoms with Gasteiger partial charge in [-0.1, -0.05) is 328 Å². The molecule has 0 bridgehead atoms. The summed E-state index contributed by atoms with van der Waals surface area (Å²) in [4.78, 5) is 8.81. The van der Waals surface area contributed by atoms with Crippen molar-refractivity contribution in [3.8, 4) is 0 Å². The summed E-state index contributed by atoms with van der Waals surface area (Å²) in [6.07, 6.45) is 49.5. The Hall–Kier alpha value is -0.590. The first-order valence-corrected chi connectivity index (χ1v) is 26.2. The predicted molar refractivity (Wildman–Crippen MR) is 271 cm³/mol. The van der Waals surface area contributed by atoms with E-state index in [2.05, 4.69) is 110 Å². The zero-order chi connectivity index (χ0) is 44.6. The third-order valence-electron chi connectivity index (χ3n) is 9.12.